The van der Waals surface area contributed by atoms with E-state index >= 15 is 0 Å². The molecule has 0 radical (unpaired) electrons. The smallest absolute Gasteiger partial charge is 0.248 e. The van der Waals surface area contributed by atoms with Crippen LogP contribution >= 0.6 is 0 Å². The Morgan fingerprint density at radius 3 is 2.68 bits per heavy atom. The molecule has 0 aliphatic carbocycles. The number of amides is 2. The van der Waals surface area contributed by atoms with Gasteiger partial charge in [0.15, 0.2) is 0 Å². The first-order chi connectivity index (χ1) is 9.25. The molecule has 2 rings (SSSR count). The van der Waals surface area contributed by atoms with Gasteiger partial charge in [0.25, 0.3) is 0 Å². The average Bonchev–Trinajstić information content (AvgIpc) is 2.47. The first-order valence-corrected chi connectivity index (χ1v) is 6.44. The summed E-state index contributed by atoms with van der Waals surface area (Å²) in [5.41, 5.74) is 0.613. The maximum absolute atomic E-state index is 11.8. The summed E-state index contributed by atoms with van der Waals surface area (Å²) in [6.07, 6.45) is 9.04. The summed E-state index contributed by atoms with van der Waals surface area (Å²) in [4.78, 5) is 29.1. The lowest BCUT2D eigenvalue weighted by Gasteiger charge is -2.25. The number of likely N-dealkylation sites (tertiary alicyclic amines) is 1. The van der Waals surface area contributed by atoms with Crippen LogP contribution in [0.3, 0.4) is 0 Å². The van der Waals surface area contributed by atoms with Crippen molar-refractivity contribution in [3.8, 4) is 0 Å². The van der Waals surface area contributed by atoms with E-state index in [2.05, 4.69) is 10.3 Å². The molecule has 5 heteroatoms. The van der Waals surface area contributed by atoms with E-state index in [0.29, 0.717) is 5.69 Å². The molecule has 1 aromatic heterocycles. The summed E-state index contributed by atoms with van der Waals surface area (Å²) in [5, 5.41) is 2.64. The summed E-state index contributed by atoms with van der Waals surface area (Å²) >= 11 is 0. The van der Waals surface area contributed by atoms with Crippen LogP contribution in [-0.2, 0) is 9.59 Å². The molecule has 0 saturated carbocycles. The van der Waals surface area contributed by atoms with Gasteiger partial charge in [-0.1, -0.05) is 0 Å². The van der Waals surface area contributed by atoms with Crippen molar-refractivity contribution in [2.45, 2.75) is 19.3 Å². The number of nitrogens with one attached hydrogen (secondary N) is 1. The van der Waals surface area contributed by atoms with Crippen LogP contribution in [0.1, 0.15) is 19.3 Å². The monoisotopic (exact) mass is 259 g/mol. The lowest BCUT2D eigenvalue weighted by Crippen LogP contribution is -2.34. The predicted octanol–water partition coefficient (Wildman–Crippen LogP) is 1.59. The normalized spacial score (nSPS) is 15.5. The Labute approximate surface area is 112 Å². The molecule has 0 spiro atoms. The first-order valence-electron chi connectivity index (χ1n) is 6.44. The number of pyridine rings is 1. The average molecular weight is 259 g/mol. The largest absolute Gasteiger partial charge is 0.339 e. The van der Waals surface area contributed by atoms with E-state index < -0.39 is 0 Å². The maximum Gasteiger partial charge on any atom is 0.248 e. The van der Waals surface area contributed by atoms with E-state index in [1.165, 1.54) is 18.6 Å². The van der Waals surface area contributed by atoms with Crippen LogP contribution in [0.4, 0.5) is 5.69 Å². The van der Waals surface area contributed by atoms with Gasteiger partial charge < -0.3 is 10.2 Å². The number of hydrogen-bond acceptors (Lipinski definition) is 3. The fourth-order valence-electron chi connectivity index (χ4n) is 1.99. The van der Waals surface area contributed by atoms with Crippen molar-refractivity contribution in [1.82, 2.24) is 9.88 Å². The van der Waals surface area contributed by atoms with Crippen LogP contribution in [0, 0.1) is 0 Å². The molecule has 1 fully saturated rings. The van der Waals surface area contributed by atoms with Crippen molar-refractivity contribution < 1.29 is 9.59 Å². The minimum Gasteiger partial charge on any atom is -0.339 e. The van der Waals surface area contributed by atoms with Crippen LogP contribution in [0.5, 0.6) is 0 Å². The van der Waals surface area contributed by atoms with Crippen LogP contribution in [-0.4, -0.2) is 34.8 Å². The molecule has 1 saturated heterocycles. The Balaban J connectivity index is 1.84. The highest BCUT2D eigenvalue weighted by atomic mass is 16.2. The lowest BCUT2D eigenvalue weighted by atomic mass is 10.1. The fourth-order valence-corrected chi connectivity index (χ4v) is 1.99. The zero-order valence-electron chi connectivity index (χ0n) is 10.7. The minimum atomic E-state index is -0.321. The Bertz CT molecular complexity index is 465. The van der Waals surface area contributed by atoms with Crippen LogP contribution < -0.4 is 5.32 Å². The molecule has 0 bridgehead atoms. The van der Waals surface area contributed by atoms with Crippen molar-refractivity contribution in [3.05, 3.63) is 36.7 Å². The van der Waals surface area contributed by atoms with Gasteiger partial charge in [-0.15, -0.1) is 0 Å². The molecule has 0 aromatic carbocycles. The molecule has 1 aliphatic rings. The van der Waals surface area contributed by atoms with Gasteiger partial charge in [0, 0.05) is 31.4 Å². The number of piperidine rings is 1. The highest BCUT2D eigenvalue weighted by Gasteiger charge is 2.13. The Morgan fingerprint density at radius 2 is 2.00 bits per heavy atom. The predicted molar refractivity (Wildman–Crippen MR) is 72.4 cm³/mol. The topological polar surface area (TPSA) is 62.3 Å². The second kappa shape index (κ2) is 6.68. The summed E-state index contributed by atoms with van der Waals surface area (Å²) in [6.45, 7) is 1.57. The van der Waals surface area contributed by atoms with Gasteiger partial charge in [-0.3, -0.25) is 14.6 Å². The van der Waals surface area contributed by atoms with Crippen molar-refractivity contribution in [1.29, 1.82) is 0 Å². The molecule has 2 amide bonds. The zero-order valence-corrected chi connectivity index (χ0v) is 10.7. The summed E-state index contributed by atoms with van der Waals surface area (Å²) in [5.74, 6) is -0.417. The number of hydrogen-bond donors (Lipinski definition) is 1. The van der Waals surface area contributed by atoms with Gasteiger partial charge >= 0.3 is 0 Å². The highest BCUT2D eigenvalue weighted by Crippen LogP contribution is 2.09. The molecule has 0 atom stereocenters. The molecule has 2 heterocycles. The number of carbonyl (C=O) groups is 2. The highest BCUT2D eigenvalue weighted by molar-refractivity contribution is 6.03. The van der Waals surface area contributed by atoms with Gasteiger partial charge in [0.1, 0.15) is 0 Å². The van der Waals surface area contributed by atoms with Crippen molar-refractivity contribution in [2.24, 2.45) is 0 Å². The Hall–Kier alpha value is -2.17. The quantitative estimate of drug-likeness (QED) is 0.838. The van der Waals surface area contributed by atoms with Gasteiger partial charge in [-0.05, 0) is 31.4 Å². The van der Waals surface area contributed by atoms with Gasteiger partial charge in [0.05, 0.1) is 11.9 Å². The molecule has 1 N–H and O–H groups in total. The van der Waals surface area contributed by atoms with Gasteiger partial charge in [-0.2, -0.15) is 0 Å². The summed E-state index contributed by atoms with van der Waals surface area (Å²) < 4.78 is 0. The Morgan fingerprint density at radius 1 is 1.21 bits per heavy atom. The molecule has 19 heavy (non-hydrogen) atoms. The van der Waals surface area contributed by atoms with E-state index in [1.807, 2.05) is 0 Å². The van der Waals surface area contributed by atoms with Gasteiger partial charge in [0.2, 0.25) is 11.8 Å². The standard InChI is InChI=1S/C14H17N3O2/c18-13(16-12-5-4-8-15-11-12)6-7-14(19)17-9-2-1-3-10-17/h4-8,11H,1-3,9-10H2,(H,16,18)/b7-6+. The third kappa shape index (κ3) is 4.21. The van der Waals surface area contributed by atoms with Crippen LogP contribution in [0.2, 0.25) is 0 Å². The number of rotatable bonds is 3. The molecule has 5 nitrogen and oxygen atoms in total. The van der Waals surface area contributed by atoms with E-state index in [0.717, 1.165) is 25.9 Å². The fraction of sp³-hybridized carbons (Fsp3) is 0.357. The van der Waals surface area contributed by atoms with Crippen molar-refractivity contribution in [2.75, 3.05) is 18.4 Å². The van der Waals surface area contributed by atoms with E-state index in [9.17, 15) is 9.59 Å². The van der Waals surface area contributed by atoms with Crippen LogP contribution in [0.25, 0.3) is 0 Å². The minimum absolute atomic E-state index is 0.0963. The van der Waals surface area contributed by atoms with Crippen LogP contribution in [0.15, 0.2) is 36.7 Å². The number of aromatic nitrogens is 1. The van der Waals surface area contributed by atoms with Gasteiger partial charge in [-0.25, -0.2) is 0 Å². The maximum atomic E-state index is 11.8. The van der Waals surface area contributed by atoms with Crippen molar-refractivity contribution in [3.63, 3.8) is 0 Å². The third-order valence-corrected chi connectivity index (χ3v) is 2.97. The number of carbonyl (C=O) groups excluding carboxylic acids is 2. The Kier molecular flexibility index (Phi) is 4.66. The molecular formula is C14H17N3O2. The second-order valence-corrected chi connectivity index (χ2v) is 4.45. The number of nitrogens with zero attached hydrogens (tertiary/aromatic N) is 2. The first kappa shape index (κ1) is 13.3. The second-order valence-electron chi connectivity index (χ2n) is 4.45. The van der Waals surface area contributed by atoms with E-state index in [1.54, 1.807) is 29.4 Å². The lowest BCUT2D eigenvalue weighted by molar-refractivity contribution is -0.127. The number of anilines is 1. The van der Waals surface area contributed by atoms with E-state index in [4.69, 9.17) is 0 Å². The van der Waals surface area contributed by atoms with E-state index in [-0.39, 0.29) is 11.8 Å². The molecular weight excluding hydrogens is 242 g/mol. The zero-order chi connectivity index (χ0) is 13.5. The molecule has 1 aromatic rings. The SMILES string of the molecule is O=C(/C=C/C(=O)N1CCCCC1)Nc1cccnc1. The molecule has 1 aliphatic heterocycles. The van der Waals surface area contributed by atoms with Crippen molar-refractivity contribution >= 4 is 17.5 Å². The third-order valence-electron chi connectivity index (χ3n) is 2.97. The molecule has 0 unspecified atom stereocenters. The summed E-state index contributed by atoms with van der Waals surface area (Å²) in [6, 6.07) is 3.48. The molecule has 100 valence electrons. The summed E-state index contributed by atoms with van der Waals surface area (Å²) in [7, 11) is 0.